The maximum atomic E-state index is 11.9. The van der Waals surface area contributed by atoms with Crippen LogP contribution in [0.15, 0.2) is 72.9 Å². The summed E-state index contributed by atoms with van der Waals surface area (Å²) in [5, 5.41) is 4.67. The average molecular weight is 460 g/mol. The number of pyridine rings is 1. The Morgan fingerprint density at radius 2 is 1.76 bits per heavy atom. The number of amides is 3. The predicted octanol–water partition coefficient (Wildman–Crippen LogP) is 4.18. The molecule has 0 spiro atoms. The molecule has 0 saturated heterocycles. The first-order chi connectivity index (χ1) is 16.4. The number of hydrogen-bond acceptors (Lipinski definition) is 6. The number of carbonyl (C=O) groups is 3. The summed E-state index contributed by atoms with van der Waals surface area (Å²) in [6.45, 7) is 3.65. The second kappa shape index (κ2) is 12.0. The second-order valence-corrected chi connectivity index (χ2v) is 7.42. The lowest BCUT2D eigenvalue weighted by atomic mass is 10.1. The number of anilines is 1. The third-order valence-corrected chi connectivity index (χ3v) is 4.77. The van der Waals surface area contributed by atoms with Crippen LogP contribution in [0.25, 0.3) is 6.08 Å². The van der Waals surface area contributed by atoms with Crippen LogP contribution in [0.3, 0.4) is 0 Å². The minimum atomic E-state index is -0.738. The molecule has 8 heteroatoms. The van der Waals surface area contributed by atoms with E-state index in [2.05, 4.69) is 15.6 Å². The van der Waals surface area contributed by atoms with Crippen LogP contribution in [0, 0.1) is 13.8 Å². The van der Waals surface area contributed by atoms with Gasteiger partial charge in [-0.1, -0.05) is 24.3 Å². The fourth-order valence-corrected chi connectivity index (χ4v) is 2.81. The molecule has 0 fully saturated rings. The summed E-state index contributed by atoms with van der Waals surface area (Å²) in [7, 11) is 0. The highest BCUT2D eigenvalue weighted by molar-refractivity contribution is 6.02. The van der Waals surface area contributed by atoms with Crippen LogP contribution in [-0.4, -0.2) is 29.5 Å². The molecule has 0 saturated carbocycles. The van der Waals surface area contributed by atoms with E-state index in [1.807, 2.05) is 38.1 Å². The highest BCUT2D eigenvalue weighted by Crippen LogP contribution is 2.15. The molecule has 0 unspecified atom stereocenters. The summed E-state index contributed by atoms with van der Waals surface area (Å²) >= 11 is 0. The molecule has 34 heavy (non-hydrogen) atoms. The van der Waals surface area contributed by atoms with Crippen molar-refractivity contribution in [2.24, 2.45) is 0 Å². The quantitative estimate of drug-likeness (QED) is 0.387. The monoisotopic (exact) mass is 459 g/mol. The minimum Gasteiger partial charge on any atom is -0.487 e. The van der Waals surface area contributed by atoms with E-state index >= 15 is 0 Å². The Labute approximate surface area is 197 Å². The first kappa shape index (κ1) is 24.2. The van der Waals surface area contributed by atoms with Gasteiger partial charge in [-0.25, -0.2) is 9.59 Å². The first-order valence-electron chi connectivity index (χ1n) is 10.5. The number of nitrogens with one attached hydrogen (secondary N) is 2. The van der Waals surface area contributed by atoms with Gasteiger partial charge >= 0.3 is 12.0 Å². The van der Waals surface area contributed by atoms with E-state index < -0.39 is 24.5 Å². The van der Waals surface area contributed by atoms with Crippen LogP contribution in [0.4, 0.5) is 10.5 Å². The Morgan fingerprint density at radius 1 is 0.971 bits per heavy atom. The van der Waals surface area contributed by atoms with Gasteiger partial charge in [-0.3, -0.25) is 15.1 Å². The number of carbonyl (C=O) groups excluding carboxylic acids is 3. The lowest BCUT2D eigenvalue weighted by Crippen LogP contribution is -2.37. The van der Waals surface area contributed by atoms with Crippen molar-refractivity contribution >= 4 is 29.7 Å². The molecular formula is C26H25N3O5. The van der Waals surface area contributed by atoms with E-state index in [-0.39, 0.29) is 0 Å². The van der Waals surface area contributed by atoms with Crippen molar-refractivity contribution in [3.8, 4) is 5.75 Å². The molecule has 0 bridgehead atoms. The van der Waals surface area contributed by atoms with Gasteiger partial charge in [0.25, 0.3) is 5.91 Å². The maximum absolute atomic E-state index is 11.9. The minimum absolute atomic E-state index is 0.354. The summed E-state index contributed by atoms with van der Waals surface area (Å²) in [6, 6.07) is 17.4. The normalized spacial score (nSPS) is 10.5. The smallest absolute Gasteiger partial charge is 0.331 e. The number of aryl methyl sites for hydroxylation is 2. The zero-order chi connectivity index (χ0) is 24.3. The molecule has 0 aliphatic carbocycles. The molecule has 0 atom stereocenters. The van der Waals surface area contributed by atoms with Crippen LogP contribution in [0.1, 0.15) is 22.4 Å². The zero-order valence-corrected chi connectivity index (χ0v) is 18.9. The van der Waals surface area contributed by atoms with E-state index in [0.717, 1.165) is 22.4 Å². The SMILES string of the molecule is Cc1ccc(NC(=O)NC(=O)COC(=O)C=Cc2ccc(OCc3ccccn3)cc2)cc1C. The maximum Gasteiger partial charge on any atom is 0.331 e. The van der Waals surface area contributed by atoms with E-state index in [1.54, 1.807) is 48.7 Å². The van der Waals surface area contributed by atoms with Crippen molar-refractivity contribution in [3.63, 3.8) is 0 Å². The summed E-state index contributed by atoms with van der Waals surface area (Å²) in [6.07, 6.45) is 4.46. The van der Waals surface area contributed by atoms with E-state index in [4.69, 9.17) is 9.47 Å². The summed E-state index contributed by atoms with van der Waals surface area (Å²) < 4.78 is 10.5. The molecule has 0 radical (unpaired) electrons. The van der Waals surface area contributed by atoms with Gasteiger partial charge in [-0.2, -0.15) is 0 Å². The molecular weight excluding hydrogens is 434 g/mol. The number of esters is 1. The van der Waals surface area contributed by atoms with Crippen molar-refractivity contribution in [2.45, 2.75) is 20.5 Å². The summed E-state index contributed by atoms with van der Waals surface area (Å²) in [5.74, 6) is -0.779. The molecule has 1 heterocycles. The first-order valence-corrected chi connectivity index (χ1v) is 10.5. The van der Waals surface area contributed by atoms with Crippen molar-refractivity contribution in [2.75, 3.05) is 11.9 Å². The number of benzene rings is 2. The third-order valence-electron chi connectivity index (χ3n) is 4.77. The van der Waals surface area contributed by atoms with Crippen LogP contribution >= 0.6 is 0 Å². The lowest BCUT2D eigenvalue weighted by Gasteiger charge is -2.08. The molecule has 3 rings (SSSR count). The van der Waals surface area contributed by atoms with Gasteiger partial charge in [0.1, 0.15) is 12.4 Å². The number of nitrogens with zero attached hydrogens (tertiary/aromatic N) is 1. The number of urea groups is 1. The second-order valence-electron chi connectivity index (χ2n) is 7.42. The van der Waals surface area contributed by atoms with Gasteiger partial charge < -0.3 is 14.8 Å². The number of ether oxygens (including phenoxy) is 2. The highest BCUT2D eigenvalue weighted by atomic mass is 16.5. The van der Waals surface area contributed by atoms with Gasteiger partial charge in [0.05, 0.1) is 5.69 Å². The van der Waals surface area contributed by atoms with E-state index in [9.17, 15) is 14.4 Å². The number of aromatic nitrogens is 1. The highest BCUT2D eigenvalue weighted by Gasteiger charge is 2.10. The number of hydrogen-bond donors (Lipinski definition) is 2. The van der Waals surface area contributed by atoms with Gasteiger partial charge in [0.15, 0.2) is 6.61 Å². The molecule has 174 valence electrons. The zero-order valence-electron chi connectivity index (χ0n) is 18.9. The van der Waals surface area contributed by atoms with Crippen LogP contribution in [0.2, 0.25) is 0 Å². The van der Waals surface area contributed by atoms with E-state index in [0.29, 0.717) is 18.0 Å². The lowest BCUT2D eigenvalue weighted by molar-refractivity contribution is -0.143. The summed E-state index contributed by atoms with van der Waals surface area (Å²) in [5.41, 5.74) is 4.23. The molecule has 0 aliphatic heterocycles. The number of rotatable bonds is 8. The Morgan fingerprint density at radius 3 is 2.47 bits per heavy atom. The van der Waals surface area contributed by atoms with Crippen molar-refractivity contribution in [3.05, 3.63) is 95.3 Å². The van der Waals surface area contributed by atoms with Gasteiger partial charge in [0.2, 0.25) is 0 Å². The van der Waals surface area contributed by atoms with Crippen molar-refractivity contribution in [1.29, 1.82) is 0 Å². The van der Waals surface area contributed by atoms with E-state index in [1.165, 1.54) is 6.08 Å². The Bertz CT molecular complexity index is 1170. The molecule has 1 aromatic heterocycles. The van der Waals surface area contributed by atoms with Gasteiger partial charge in [-0.05, 0) is 73.0 Å². The Hall–Kier alpha value is -4.46. The Kier molecular flexibility index (Phi) is 8.51. The van der Waals surface area contributed by atoms with Gasteiger partial charge in [0, 0.05) is 18.0 Å². The largest absolute Gasteiger partial charge is 0.487 e. The molecule has 0 aliphatic rings. The molecule has 2 aromatic carbocycles. The molecule has 3 aromatic rings. The van der Waals surface area contributed by atoms with Crippen LogP contribution in [-0.2, 0) is 20.9 Å². The van der Waals surface area contributed by atoms with Gasteiger partial charge in [-0.15, -0.1) is 0 Å². The van der Waals surface area contributed by atoms with Crippen molar-refractivity contribution < 1.29 is 23.9 Å². The Balaban J connectivity index is 1.38. The predicted molar refractivity (Wildman–Crippen MR) is 128 cm³/mol. The number of imide groups is 1. The van der Waals surface area contributed by atoms with Crippen molar-refractivity contribution in [1.82, 2.24) is 10.3 Å². The third kappa shape index (κ3) is 7.90. The van der Waals surface area contributed by atoms with Crippen LogP contribution in [0.5, 0.6) is 5.75 Å². The average Bonchev–Trinajstić information content (AvgIpc) is 2.83. The molecule has 3 amide bonds. The fraction of sp³-hybridized carbons (Fsp3) is 0.154. The van der Waals surface area contributed by atoms with Crippen LogP contribution < -0.4 is 15.4 Å². The molecule has 8 nitrogen and oxygen atoms in total. The summed E-state index contributed by atoms with van der Waals surface area (Å²) in [4.78, 5) is 39.8. The molecule has 2 N–H and O–H groups in total. The topological polar surface area (TPSA) is 107 Å². The fourth-order valence-electron chi connectivity index (χ4n) is 2.81. The standard InChI is InChI=1S/C26H25N3O5/c1-18-6-10-21(15-19(18)2)28-26(32)29-24(30)17-34-25(31)13-9-20-7-11-23(12-8-20)33-16-22-5-3-4-14-27-22/h3-15H,16-17H2,1-2H3,(H2,28,29,30,32).